The highest BCUT2D eigenvalue weighted by molar-refractivity contribution is 5.94. The van der Waals surface area contributed by atoms with Crippen molar-refractivity contribution < 1.29 is 14.3 Å². The van der Waals surface area contributed by atoms with Crippen LogP contribution in [0.5, 0.6) is 0 Å². The van der Waals surface area contributed by atoms with Crippen molar-refractivity contribution in [3.8, 4) is 0 Å². The van der Waals surface area contributed by atoms with E-state index in [1.807, 2.05) is 0 Å². The SMILES string of the molecule is CCOC(=O)CN(C(=O)c1cn(C)cn1)C1CC1. The second kappa shape index (κ2) is 5.20. The molecule has 2 rings (SSSR count). The van der Waals surface area contributed by atoms with Gasteiger partial charge in [-0.15, -0.1) is 0 Å². The number of hydrogen-bond donors (Lipinski definition) is 0. The molecule has 1 fully saturated rings. The average Bonchev–Trinajstić information content (AvgIpc) is 3.08. The van der Waals surface area contributed by atoms with Crippen LogP contribution >= 0.6 is 0 Å². The molecule has 0 bridgehead atoms. The molecular weight excluding hydrogens is 234 g/mol. The Bertz CT molecular complexity index is 451. The molecule has 0 spiro atoms. The molecule has 1 aliphatic rings. The van der Waals surface area contributed by atoms with E-state index < -0.39 is 0 Å². The molecule has 6 nitrogen and oxygen atoms in total. The van der Waals surface area contributed by atoms with Gasteiger partial charge in [-0.3, -0.25) is 9.59 Å². The van der Waals surface area contributed by atoms with Crippen molar-refractivity contribution >= 4 is 11.9 Å². The molecular formula is C12H17N3O3. The number of esters is 1. The number of carbonyl (C=O) groups excluding carboxylic acids is 2. The van der Waals surface area contributed by atoms with Crippen LogP contribution in [0.1, 0.15) is 30.3 Å². The molecule has 1 aromatic rings. The first-order chi connectivity index (χ1) is 8.61. The summed E-state index contributed by atoms with van der Waals surface area (Å²) in [4.78, 5) is 29.3. The third kappa shape index (κ3) is 2.88. The maximum absolute atomic E-state index is 12.2. The van der Waals surface area contributed by atoms with Gasteiger partial charge >= 0.3 is 5.97 Å². The fourth-order valence-corrected chi connectivity index (χ4v) is 1.77. The number of nitrogens with zero attached hydrogens (tertiary/aromatic N) is 3. The third-order valence-corrected chi connectivity index (χ3v) is 2.78. The van der Waals surface area contributed by atoms with Gasteiger partial charge in [0.25, 0.3) is 5.91 Å². The highest BCUT2D eigenvalue weighted by Gasteiger charge is 2.35. The van der Waals surface area contributed by atoms with Crippen molar-refractivity contribution in [2.45, 2.75) is 25.8 Å². The van der Waals surface area contributed by atoms with Crippen LogP contribution in [0.25, 0.3) is 0 Å². The van der Waals surface area contributed by atoms with Crippen molar-refractivity contribution in [3.05, 3.63) is 18.2 Å². The zero-order valence-electron chi connectivity index (χ0n) is 10.6. The lowest BCUT2D eigenvalue weighted by Crippen LogP contribution is -2.38. The van der Waals surface area contributed by atoms with E-state index in [2.05, 4.69) is 4.98 Å². The molecule has 0 N–H and O–H groups in total. The normalized spacial score (nSPS) is 14.3. The molecule has 1 heterocycles. The van der Waals surface area contributed by atoms with Gasteiger partial charge in [0, 0.05) is 19.3 Å². The number of imidazole rings is 1. The van der Waals surface area contributed by atoms with Crippen LogP contribution in [-0.2, 0) is 16.6 Å². The van der Waals surface area contributed by atoms with Crippen LogP contribution in [0.2, 0.25) is 0 Å². The molecule has 0 atom stereocenters. The summed E-state index contributed by atoms with van der Waals surface area (Å²) in [6.45, 7) is 2.09. The molecule has 1 aliphatic carbocycles. The summed E-state index contributed by atoms with van der Waals surface area (Å²) in [5, 5.41) is 0. The molecule has 1 amide bonds. The Morgan fingerprint density at radius 2 is 2.28 bits per heavy atom. The molecule has 0 unspecified atom stereocenters. The Kier molecular flexibility index (Phi) is 3.64. The maximum Gasteiger partial charge on any atom is 0.325 e. The Morgan fingerprint density at radius 3 is 2.78 bits per heavy atom. The summed E-state index contributed by atoms with van der Waals surface area (Å²) in [7, 11) is 1.80. The summed E-state index contributed by atoms with van der Waals surface area (Å²) in [6.07, 6.45) is 5.11. The quantitative estimate of drug-likeness (QED) is 0.718. The number of aromatic nitrogens is 2. The fourth-order valence-electron chi connectivity index (χ4n) is 1.77. The summed E-state index contributed by atoms with van der Waals surface area (Å²) in [5.41, 5.74) is 0.369. The van der Waals surface area contributed by atoms with Gasteiger partial charge < -0.3 is 14.2 Å². The van der Waals surface area contributed by atoms with Gasteiger partial charge in [0.1, 0.15) is 12.2 Å². The summed E-state index contributed by atoms with van der Waals surface area (Å²) < 4.78 is 6.59. The molecule has 0 aromatic carbocycles. The van der Waals surface area contributed by atoms with Gasteiger partial charge in [0.15, 0.2) is 0 Å². The Labute approximate surface area is 106 Å². The van der Waals surface area contributed by atoms with Crippen molar-refractivity contribution in [1.29, 1.82) is 0 Å². The maximum atomic E-state index is 12.2. The van der Waals surface area contributed by atoms with Crippen LogP contribution in [0.3, 0.4) is 0 Å². The minimum atomic E-state index is -0.367. The number of rotatable bonds is 5. The predicted molar refractivity (Wildman–Crippen MR) is 63.9 cm³/mol. The fraction of sp³-hybridized carbons (Fsp3) is 0.583. The molecule has 0 aliphatic heterocycles. The highest BCUT2D eigenvalue weighted by atomic mass is 16.5. The highest BCUT2D eigenvalue weighted by Crippen LogP contribution is 2.27. The summed E-state index contributed by atoms with van der Waals surface area (Å²) in [6, 6.07) is 0.156. The van der Waals surface area contributed by atoms with E-state index in [-0.39, 0.29) is 24.5 Å². The second-order valence-corrected chi connectivity index (χ2v) is 4.39. The zero-order valence-corrected chi connectivity index (χ0v) is 10.6. The van der Waals surface area contributed by atoms with E-state index in [0.717, 1.165) is 12.8 Å². The Balaban J connectivity index is 2.05. The van der Waals surface area contributed by atoms with Crippen molar-refractivity contribution in [2.75, 3.05) is 13.2 Å². The van der Waals surface area contributed by atoms with Gasteiger partial charge in [-0.1, -0.05) is 0 Å². The average molecular weight is 251 g/mol. The molecule has 18 heavy (non-hydrogen) atoms. The minimum Gasteiger partial charge on any atom is -0.465 e. The lowest BCUT2D eigenvalue weighted by Gasteiger charge is -2.20. The van der Waals surface area contributed by atoms with Crippen LogP contribution in [0.15, 0.2) is 12.5 Å². The lowest BCUT2D eigenvalue weighted by atomic mass is 10.3. The number of carbonyl (C=O) groups is 2. The van der Waals surface area contributed by atoms with Gasteiger partial charge in [-0.2, -0.15) is 0 Å². The van der Waals surface area contributed by atoms with Crippen LogP contribution < -0.4 is 0 Å². The molecule has 0 saturated heterocycles. The number of hydrogen-bond acceptors (Lipinski definition) is 4. The van der Waals surface area contributed by atoms with Gasteiger partial charge in [-0.25, -0.2) is 4.98 Å². The molecule has 0 radical (unpaired) electrons. The molecule has 98 valence electrons. The first kappa shape index (κ1) is 12.6. The van der Waals surface area contributed by atoms with E-state index in [1.54, 1.807) is 36.0 Å². The molecule has 6 heteroatoms. The predicted octanol–water partition coefficient (Wildman–Crippen LogP) is 0.588. The van der Waals surface area contributed by atoms with E-state index in [0.29, 0.717) is 12.3 Å². The van der Waals surface area contributed by atoms with E-state index in [4.69, 9.17) is 4.74 Å². The Hall–Kier alpha value is -1.85. The van der Waals surface area contributed by atoms with Crippen LogP contribution in [0.4, 0.5) is 0 Å². The number of aryl methyl sites for hydroxylation is 1. The Morgan fingerprint density at radius 1 is 1.56 bits per heavy atom. The van der Waals surface area contributed by atoms with Crippen molar-refractivity contribution in [2.24, 2.45) is 7.05 Å². The first-order valence-electron chi connectivity index (χ1n) is 6.06. The topological polar surface area (TPSA) is 64.4 Å². The zero-order chi connectivity index (χ0) is 13.1. The third-order valence-electron chi connectivity index (χ3n) is 2.78. The molecule has 1 saturated carbocycles. The van der Waals surface area contributed by atoms with Gasteiger partial charge in [-0.05, 0) is 19.8 Å². The largest absolute Gasteiger partial charge is 0.465 e. The first-order valence-corrected chi connectivity index (χ1v) is 6.06. The molecule has 1 aromatic heterocycles. The van der Waals surface area contributed by atoms with Gasteiger partial charge in [0.2, 0.25) is 0 Å². The smallest absolute Gasteiger partial charge is 0.325 e. The van der Waals surface area contributed by atoms with E-state index in [1.165, 1.54) is 0 Å². The standard InChI is InChI=1S/C12H17N3O3/c1-3-18-11(16)7-15(9-4-5-9)12(17)10-6-14(2)8-13-10/h6,8-9H,3-5,7H2,1-2H3. The lowest BCUT2D eigenvalue weighted by molar-refractivity contribution is -0.144. The second-order valence-electron chi connectivity index (χ2n) is 4.39. The summed E-state index contributed by atoms with van der Waals surface area (Å²) >= 11 is 0. The monoisotopic (exact) mass is 251 g/mol. The number of ether oxygens (including phenoxy) is 1. The summed E-state index contributed by atoms with van der Waals surface area (Å²) in [5.74, 6) is -0.570. The minimum absolute atomic E-state index is 0.00785. The van der Waals surface area contributed by atoms with Gasteiger partial charge in [0.05, 0.1) is 12.9 Å². The van der Waals surface area contributed by atoms with Crippen LogP contribution in [0, 0.1) is 0 Å². The number of amides is 1. The van der Waals surface area contributed by atoms with E-state index in [9.17, 15) is 9.59 Å². The van der Waals surface area contributed by atoms with Crippen LogP contribution in [-0.4, -0.2) is 45.5 Å². The van der Waals surface area contributed by atoms with Crippen molar-refractivity contribution in [1.82, 2.24) is 14.5 Å². The van der Waals surface area contributed by atoms with E-state index >= 15 is 0 Å². The van der Waals surface area contributed by atoms with Crippen molar-refractivity contribution in [3.63, 3.8) is 0 Å².